The van der Waals surface area contributed by atoms with Gasteiger partial charge in [-0.25, -0.2) is 4.39 Å². The lowest BCUT2D eigenvalue weighted by atomic mass is 10.1. The van der Waals surface area contributed by atoms with Gasteiger partial charge in [-0.15, -0.1) is 0 Å². The van der Waals surface area contributed by atoms with Gasteiger partial charge in [0, 0.05) is 30.1 Å². The number of hydrogen-bond donors (Lipinski definition) is 2. The second-order valence-electron chi connectivity index (χ2n) is 4.61. The van der Waals surface area contributed by atoms with E-state index >= 15 is 0 Å². The van der Waals surface area contributed by atoms with E-state index in [0.29, 0.717) is 23.6 Å². The van der Waals surface area contributed by atoms with E-state index in [1.165, 1.54) is 18.2 Å². The van der Waals surface area contributed by atoms with Crippen LogP contribution in [0.4, 0.5) is 27.1 Å². The summed E-state index contributed by atoms with van der Waals surface area (Å²) in [6.45, 7) is 4.31. The SMILES string of the molecule is CCNc1cc(Nc2c(C)cccc2F)cc([N+](=O)[O-])c1. The van der Waals surface area contributed by atoms with Gasteiger partial charge < -0.3 is 10.6 Å². The van der Waals surface area contributed by atoms with Crippen molar-refractivity contribution in [2.45, 2.75) is 13.8 Å². The quantitative estimate of drug-likeness (QED) is 0.639. The largest absolute Gasteiger partial charge is 0.385 e. The molecule has 0 aliphatic rings. The van der Waals surface area contributed by atoms with Crippen molar-refractivity contribution in [3.05, 3.63) is 57.9 Å². The minimum Gasteiger partial charge on any atom is -0.385 e. The van der Waals surface area contributed by atoms with Gasteiger partial charge >= 0.3 is 0 Å². The van der Waals surface area contributed by atoms with E-state index in [4.69, 9.17) is 0 Å². The van der Waals surface area contributed by atoms with Crippen LogP contribution >= 0.6 is 0 Å². The first-order valence-corrected chi connectivity index (χ1v) is 6.56. The summed E-state index contributed by atoms with van der Waals surface area (Å²) in [5, 5.41) is 16.9. The molecule has 0 bridgehead atoms. The Morgan fingerprint density at radius 2 is 1.95 bits per heavy atom. The van der Waals surface area contributed by atoms with Crippen molar-refractivity contribution in [2.24, 2.45) is 0 Å². The van der Waals surface area contributed by atoms with Crippen molar-refractivity contribution in [3.63, 3.8) is 0 Å². The highest BCUT2D eigenvalue weighted by atomic mass is 19.1. The summed E-state index contributed by atoms with van der Waals surface area (Å²) in [4.78, 5) is 10.5. The molecule has 0 saturated carbocycles. The molecule has 0 amide bonds. The zero-order valence-electron chi connectivity index (χ0n) is 11.8. The number of benzene rings is 2. The second-order valence-corrected chi connectivity index (χ2v) is 4.61. The van der Waals surface area contributed by atoms with Crippen molar-refractivity contribution in [1.29, 1.82) is 0 Å². The summed E-state index contributed by atoms with van der Waals surface area (Å²) < 4.78 is 13.8. The molecule has 0 atom stereocenters. The Labute approximate surface area is 122 Å². The molecule has 0 aliphatic heterocycles. The number of anilines is 3. The maximum absolute atomic E-state index is 13.8. The lowest BCUT2D eigenvalue weighted by Gasteiger charge is -2.12. The number of nitrogens with one attached hydrogen (secondary N) is 2. The Morgan fingerprint density at radius 3 is 2.57 bits per heavy atom. The topological polar surface area (TPSA) is 67.2 Å². The Kier molecular flexibility index (Phi) is 4.37. The first-order valence-electron chi connectivity index (χ1n) is 6.56. The minimum absolute atomic E-state index is 0.0510. The van der Waals surface area contributed by atoms with Gasteiger partial charge in [-0.3, -0.25) is 10.1 Å². The highest BCUT2D eigenvalue weighted by Gasteiger charge is 2.12. The monoisotopic (exact) mass is 289 g/mol. The fourth-order valence-corrected chi connectivity index (χ4v) is 2.03. The fourth-order valence-electron chi connectivity index (χ4n) is 2.03. The molecular formula is C15H16FN3O2. The van der Waals surface area contributed by atoms with Crippen LogP contribution in [0.25, 0.3) is 0 Å². The van der Waals surface area contributed by atoms with Crippen LogP contribution in [0.15, 0.2) is 36.4 Å². The average Bonchev–Trinajstić information content (AvgIpc) is 2.43. The number of rotatable bonds is 5. The summed E-state index contributed by atoms with van der Waals surface area (Å²) in [6, 6.07) is 9.28. The molecule has 2 N–H and O–H groups in total. The van der Waals surface area contributed by atoms with Crippen LogP contribution in [0, 0.1) is 22.9 Å². The van der Waals surface area contributed by atoms with Gasteiger partial charge in [-0.05, 0) is 31.5 Å². The van der Waals surface area contributed by atoms with Crippen LogP contribution in [-0.2, 0) is 0 Å². The molecule has 21 heavy (non-hydrogen) atoms. The van der Waals surface area contributed by atoms with Crippen molar-refractivity contribution in [1.82, 2.24) is 0 Å². The highest BCUT2D eigenvalue weighted by molar-refractivity contribution is 5.70. The van der Waals surface area contributed by atoms with Crippen LogP contribution in [0.3, 0.4) is 0 Å². The van der Waals surface area contributed by atoms with Gasteiger partial charge in [-0.2, -0.15) is 0 Å². The van der Waals surface area contributed by atoms with Crippen molar-refractivity contribution in [3.8, 4) is 0 Å². The molecule has 2 aromatic carbocycles. The summed E-state index contributed by atoms with van der Waals surface area (Å²) >= 11 is 0. The van der Waals surface area contributed by atoms with Gasteiger partial charge in [-0.1, -0.05) is 12.1 Å². The number of nitro benzene ring substituents is 1. The summed E-state index contributed by atoms with van der Waals surface area (Å²) in [6.07, 6.45) is 0. The predicted octanol–water partition coefficient (Wildman–Crippen LogP) is 4.22. The molecule has 110 valence electrons. The van der Waals surface area contributed by atoms with Gasteiger partial charge in [0.15, 0.2) is 0 Å². The molecule has 2 rings (SSSR count). The normalized spacial score (nSPS) is 10.2. The molecule has 0 heterocycles. The van der Waals surface area contributed by atoms with E-state index < -0.39 is 10.7 Å². The van der Waals surface area contributed by atoms with E-state index in [1.807, 2.05) is 6.92 Å². The van der Waals surface area contributed by atoms with Crippen LogP contribution in [0.2, 0.25) is 0 Å². The Morgan fingerprint density at radius 1 is 1.24 bits per heavy atom. The first-order chi connectivity index (χ1) is 10.0. The standard InChI is InChI=1S/C15H16FN3O2/c1-3-17-11-7-12(9-13(8-11)19(20)21)18-15-10(2)5-4-6-14(15)16/h4-9,17-18H,3H2,1-2H3. The number of nitrogens with zero attached hydrogens (tertiary/aromatic N) is 1. The number of halogens is 1. The average molecular weight is 289 g/mol. The molecule has 0 aliphatic carbocycles. The van der Waals surface area contributed by atoms with Crippen LogP contribution in [0.1, 0.15) is 12.5 Å². The molecule has 5 nitrogen and oxygen atoms in total. The lowest BCUT2D eigenvalue weighted by Crippen LogP contribution is -2.01. The van der Waals surface area contributed by atoms with Crippen molar-refractivity contribution in [2.75, 3.05) is 17.2 Å². The van der Waals surface area contributed by atoms with Gasteiger partial charge in [0.1, 0.15) is 5.82 Å². The zero-order valence-corrected chi connectivity index (χ0v) is 11.8. The number of para-hydroxylation sites is 1. The third kappa shape index (κ3) is 3.47. The van der Waals surface area contributed by atoms with E-state index in [1.54, 1.807) is 25.1 Å². The summed E-state index contributed by atoms with van der Waals surface area (Å²) in [7, 11) is 0. The number of hydrogen-bond acceptors (Lipinski definition) is 4. The molecule has 0 radical (unpaired) electrons. The summed E-state index contributed by atoms with van der Waals surface area (Å²) in [5.41, 5.74) is 2.08. The van der Waals surface area contributed by atoms with Crippen molar-refractivity contribution < 1.29 is 9.31 Å². The van der Waals surface area contributed by atoms with E-state index in [0.717, 1.165) is 5.56 Å². The smallest absolute Gasteiger partial charge is 0.273 e. The molecule has 6 heteroatoms. The predicted molar refractivity (Wildman–Crippen MR) is 81.7 cm³/mol. The lowest BCUT2D eigenvalue weighted by molar-refractivity contribution is -0.384. The maximum atomic E-state index is 13.8. The van der Waals surface area contributed by atoms with Crippen LogP contribution in [0.5, 0.6) is 0 Å². The van der Waals surface area contributed by atoms with Gasteiger partial charge in [0.2, 0.25) is 0 Å². The second kappa shape index (κ2) is 6.21. The maximum Gasteiger partial charge on any atom is 0.273 e. The third-order valence-corrected chi connectivity index (χ3v) is 3.00. The number of aryl methyl sites for hydroxylation is 1. The van der Waals surface area contributed by atoms with Crippen LogP contribution < -0.4 is 10.6 Å². The van der Waals surface area contributed by atoms with E-state index in [2.05, 4.69) is 10.6 Å². The fraction of sp³-hybridized carbons (Fsp3) is 0.200. The van der Waals surface area contributed by atoms with Crippen molar-refractivity contribution >= 4 is 22.7 Å². The van der Waals surface area contributed by atoms with Crippen LogP contribution in [-0.4, -0.2) is 11.5 Å². The molecule has 0 unspecified atom stereocenters. The van der Waals surface area contributed by atoms with Gasteiger partial charge in [0.05, 0.1) is 10.6 Å². The number of non-ortho nitro benzene ring substituents is 1. The third-order valence-electron chi connectivity index (χ3n) is 3.00. The minimum atomic E-state index is -0.472. The zero-order chi connectivity index (χ0) is 15.4. The van der Waals surface area contributed by atoms with E-state index in [-0.39, 0.29) is 5.69 Å². The molecule has 0 spiro atoms. The molecule has 0 saturated heterocycles. The summed E-state index contributed by atoms with van der Waals surface area (Å²) in [5.74, 6) is -0.397. The number of nitro groups is 1. The highest BCUT2D eigenvalue weighted by Crippen LogP contribution is 2.29. The Hall–Kier alpha value is -2.63. The molecule has 0 aromatic heterocycles. The van der Waals surface area contributed by atoms with Gasteiger partial charge in [0.25, 0.3) is 5.69 Å². The Balaban J connectivity index is 2.41. The van der Waals surface area contributed by atoms with E-state index in [9.17, 15) is 14.5 Å². The molecule has 0 fully saturated rings. The first kappa shape index (κ1) is 14.8. The molecule has 2 aromatic rings. The Bertz CT molecular complexity index is 654. The molecular weight excluding hydrogens is 273 g/mol.